The molecule has 0 heterocycles. The molecule has 0 bridgehead atoms. The predicted octanol–water partition coefficient (Wildman–Crippen LogP) is 1.14. The molecular weight excluding hydrogens is 124 g/mol. The summed E-state index contributed by atoms with van der Waals surface area (Å²) >= 11 is 0. The van der Waals surface area contributed by atoms with Crippen molar-refractivity contribution in [2.45, 2.75) is 6.92 Å². The van der Waals surface area contributed by atoms with Crippen molar-refractivity contribution in [3.63, 3.8) is 0 Å². The van der Waals surface area contributed by atoms with E-state index in [1.807, 2.05) is 19.1 Å². The van der Waals surface area contributed by atoms with Gasteiger partial charge in [0.2, 0.25) is 0 Å². The molecule has 0 saturated carbocycles. The van der Waals surface area contributed by atoms with Crippen LogP contribution in [0.1, 0.15) is 6.92 Å². The van der Waals surface area contributed by atoms with Crippen LogP contribution in [0.3, 0.4) is 0 Å². The maximum atomic E-state index is 5.23. The first-order valence-electron chi connectivity index (χ1n) is 3.20. The van der Waals surface area contributed by atoms with Gasteiger partial charge in [0.25, 0.3) is 0 Å². The van der Waals surface area contributed by atoms with Gasteiger partial charge < -0.3 is 11.1 Å². The summed E-state index contributed by atoms with van der Waals surface area (Å²) in [4.78, 5) is 0. The Morgan fingerprint density at radius 1 is 1.70 bits per heavy atom. The first-order chi connectivity index (χ1) is 4.81. The zero-order valence-electron chi connectivity index (χ0n) is 6.30. The van der Waals surface area contributed by atoms with Gasteiger partial charge in [-0.15, -0.1) is 0 Å². The molecule has 56 valence electrons. The number of nitrogens with two attached hydrogens (primary N) is 1. The summed E-state index contributed by atoms with van der Waals surface area (Å²) in [5.74, 6) is 0. The van der Waals surface area contributed by atoms with E-state index in [0.717, 1.165) is 12.1 Å². The molecule has 10 heavy (non-hydrogen) atoms. The standard InChI is InChI=1S/C8H14N2/c1-3-10-6-4-5-8(2)7-9/h3-5,7,10H,1,6,9H2,2H3/b5-4-,8-7-. The van der Waals surface area contributed by atoms with Crippen molar-refractivity contribution >= 4 is 0 Å². The maximum Gasteiger partial charge on any atom is 0.0328 e. The van der Waals surface area contributed by atoms with Gasteiger partial charge in [0.05, 0.1) is 0 Å². The zero-order valence-corrected chi connectivity index (χ0v) is 6.30. The number of hydrogen-bond acceptors (Lipinski definition) is 2. The van der Waals surface area contributed by atoms with Crippen LogP contribution < -0.4 is 11.1 Å². The normalized spacial score (nSPS) is 11.9. The number of allylic oxidation sites excluding steroid dienone is 2. The number of nitrogens with one attached hydrogen (secondary N) is 1. The third-order valence-electron chi connectivity index (χ3n) is 1.02. The van der Waals surface area contributed by atoms with Crippen LogP contribution in [0.2, 0.25) is 0 Å². The van der Waals surface area contributed by atoms with Crippen LogP contribution in [-0.2, 0) is 0 Å². The summed E-state index contributed by atoms with van der Waals surface area (Å²) in [6, 6.07) is 0. The van der Waals surface area contributed by atoms with Gasteiger partial charge in [-0.2, -0.15) is 0 Å². The van der Waals surface area contributed by atoms with Gasteiger partial charge in [-0.3, -0.25) is 0 Å². The van der Waals surface area contributed by atoms with Crippen molar-refractivity contribution in [1.29, 1.82) is 0 Å². The Hall–Kier alpha value is -1.18. The van der Waals surface area contributed by atoms with Crippen molar-refractivity contribution in [2.75, 3.05) is 6.54 Å². The minimum Gasteiger partial charge on any atom is -0.404 e. The Balaban J connectivity index is 3.45. The van der Waals surface area contributed by atoms with Crippen LogP contribution in [0.4, 0.5) is 0 Å². The fraction of sp³-hybridized carbons (Fsp3) is 0.250. The molecule has 0 atom stereocenters. The maximum absolute atomic E-state index is 5.23. The molecule has 0 amide bonds. The summed E-state index contributed by atoms with van der Waals surface area (Å²) in [6.07, 6.45) is 7.17. The molecule has 0 saturated heterocycles. The van der Waals surface area contributed by atoms with Crippen molar-refractivity contribution in [3.8, 4) is 0 Å². The molecule has 0 spiro atoms. The van der Waals surface area contributed by atoms with Gasteiger partial charge in [-0.05, 0) is 24.9 Å². The van der Waals surface area contributed by atoms with Crippen molar-refractivity contribution in [3.05, 3.63) is 36.7 Å². The van der Waals surface area contributed by atoms with Crippen LogP contribution in [0.5, 0.6) is 0 Å². The second kappa shape index (κ2) is 5.95. The molecule has 0 fully saturated rings. The molecule has 0 aliphatic rings. The van der Waals surface area contributed by atoms with E-state index in [9.17, 15) is 0 Å². The monoisotopic (exact) mass is 138 g/mol. The molecule has 0 aliphatic heterocycles. The third kappa shape index (κ3) is 4.97. The summed E-state index contributed by atoms with van der Waals surface area (Å²) < 4.78 is 0. The van der Waals surface area contributed by atoms with Gasteiger partial charge in [-0.1, -0.05) is 18.7 Å². The van der Waals surface area contributed by atoms with E-state index in [0.29, 0.717) is 0 Å². The molecule has 3 N–H and O–H groups in total. The molecular formula is C8H14N2. The van der Waals surface area contributed by atoms with Crippen LogP contribution in [0.25, 0.3) is 0 Å². The molecule has 2 heteroatoms. The van der Waals surface area contributed by atoms with E-state index >= 15 is 0 Å². The first kappa shape index (κ1) is 8.82. The lowest BCUT2D eigenvalue weighted by Crippen LogP contribution is -2.02. The highest BCUT2D eigenvalue weighted by Gasteiger charge is 1.75. The predicted molar refractivity (Wildman–Crippen MR) is 45.3 cm³/mol. The lowest BCUT2D eigenvalue weighted by molar-refractivity contribution is 0.988. The van der Waals surface area contributed by atoms with Crippen molar-refractivity contribution in [2.24, 2.45) is 5.73 Å². The number of rotatable bonds is 4. The molecule has 0 aromatic heterocycles. The Morgan fingerprint density at radius 2 is 2.40 bits per heavy atom. The highest BCUT2D eigenvalue weighted by atomic mass is 14.8. The molecule has 2 nitrogen and oxygen atoms in total. The van der Waals surface area contributed by atoms with Crippen molar-refractivity contribution < 1.29 is 0 Å². The summed E-state index contributed by atoms with van der Waals surface area (Å²) in [7, 11) is 0. The number of hydrogen-bond donors (Lipinski definition) is 2. The quantitative estimate of drug-likeness (QED) is 0.451. The van der Waals surface area contributed by atoms with E-state index < -0.39 is 0 Å². The third-order valence-corrected chi connectivity index (χ3v) is 1.02. The highest BCUT2D eigenvalue weighted by Crippen LogP contribution is 1.89. The first-order valence-corrected chi connectivity index (χ1v) is 3.20. The second-order valence-electron chi connectivity index (χ2n) is 1.93. The molecule has 0 rings (SSSR count). The summed E-state index contributed by atoms with van der Waals surface area (Å²) in [5.41, 5.74) is 6.29. The van der Waals surface area contributed by atoms with E-state index in [1.54, 1.807) is 12.4 Å². The smallest absolute Gasteiger partial charge is 0.0328 e. The Kier molecular flexibility index (Phi) is 5.25. The minimum absolute atomic E-state index is 0.800. The van der Waals surface area contributed by atoms with Gasteiger partial charge >= 0.3 is 0 Å². The molecule has 0 aliphatic carbocycles. The van der Waals surface area contributed by atoms with Crippen LogP contribution in [-0.4, -0.2) is 6.54 Å². The fourth-order valence-corrected chi connectivity index (χ4v) is 0.452. The Morgan fingerprint density at radius 3 is 2.90 bits per heavy atom. The average Bonchev–Trinajstić information content (AvgIpc) is 1.98. The minimum atomic E-state index is 0.800. The van der Waals surface area contributed by atoms with Crippen molar-refractivity contribution in [1.82, 2.24) is 5.32 Å². The molecule has 0 radical (unpaired) electrons. The van der Waals surface area contributed by atoms with Gasteiger partial charge in [0.15, 0.2) is 0 Å². The Labute approximate surface area is 62.1 Å². The van der Waals surface area contributed by atoms with Gasteiger partial charge in [0, 0.05) is 6.54 Å². The second-order valence-corrected chi connectivity index (χ2v) is 1.93. The fourth-order valence-electron chi connectivity index (χ4n) is 0.452. The summed E-state index contributed by atoms with van der Waals surface area (Å²) in [5, 5.41) is 2.94. The van der Waals surface area contributed by atoms with Crippen LogP contribution in [0.15, 0.2) is 36.7 Å². The lowest BCUT2D eigenvalue weighted by Gasteiger charge is -1.91. The Bertz CT molecular complexity index is 145. The lowest BCUT2D eigenvalue weighted by atomic mass is 10.3. The molecule has 0 aromatic carbocycles. The van der Waals surface area contributed by atoms with E-state index in [4.69, 9.17) is 5.73 Å². The van der Waals surface area contributed by atoms with E-state index in [1.165, 1.54) is 0 Å². The topological polar surface area (TPSA) is 38.0 Å². The van der Waals surface area contributed by atoms with E-state index in [-0.39, 0.29) is 0 Å². The molecule has 0 unspecified atom stereocenters. The van der Waals surface area contributed by atoms with Gasteiger partial charge in [-0.25, -0.2) is 0 Å². The molecule has 0 aromatic rings. The highest BCUT2D eigenvalue weighted by molar-refractivity contribution is 5.14. The SMILES string of the molecule is C=CNC/C=C\C(C)=C/N. The van der Waals surface area contributed by atoms with Crippen LogP contribution >= 0.6 is 0 Å². The summed E-state index contributed by atoms with van der Waals surface area (Å²) in [6.45, 7) is 6.26. The zero-order chi connectivity index (χ0) is 7.82. The average molecular weight is 138 g/mol. The van der Waals surface area contributed by atoms with E-state index in [2.05, 4.69) is 11.9 Å². The van der Waals surface area contributed by atoms with Crippen LogP contribution in [0, 0.1) is 0 Å². The van der Waals surface area contributed by atoms with Gasteiger partial charge in [0.1, 0.15) is 0 Å². The largest absolute Gasteiger partial charge is 0.404 e.